The second kappa shape index (κ2) is 11.3. The van der Waals surface area contributed by atoms with Gasteiger partial charge in [-0.2, -0.15) is 0 Å². The molecule has 3 aromatic rings. The minimum Gasteiger partial charge on any atom is -0.493 e. The van der Waals surface area contributed by atoms with Crippen LogP contribution in [0.5, 0.6) is 5.75 Å². The van der Waals surface area contributed by atoms with Crippen molar-refractivity contribution in [3.8, 4) is 5.75 Å². The first-order valence-corrected chi connectivity index (χ1v) is 14.7. The number of hydrogen-bond acceptors (Lipinski definition) is 7. The van der Waals surface area contributed by atoms with Crippen LogP contribution in [0.3, 0.4) is 0 Å². The summed E-state index contributed by atoms with van der Waals surface area (Å²) in [5, 5.41) is 17.4. The number of aliphatic hydroxyl groups is 1. The number of rotatable bonds is 8. The molecule has 2 aliphatic heterocycles. The van der Waals surface area contributed by atoms with Crippen molar-refractivity contribution in [3.05, 3.63) is 86.5 Å². The average molecular weight is 616 g/mol. The van der Waals surface area contributed by atoms with Crippen molar-refractivity contribution in [2.75, 3.05) is 24.6 Å². The Morgan fingerprint density at radius 2 is 1.80 bits per heavy atom. The van der Waals surface area contributed by atoms with E-state index in [0.717, 1.165) is 12.8 Å². The largest absolute Gasteiger partial charge is 0.493 e. The maximum Gasteiger partial charge on any atom is 0.248 e. The predicted molar refractivity (Wildman–Crippen MR) is 159 cm³/mol. The molecule has 2 atom stereocenters. The van der Waals surface area contributed by atoms with E-state index in [9.17, 15) is 9.90 Å². The number of nitrogens with zero attached hydrogens (tertiary/aromatic N) is 3. The lowest BCUT2D eigenvalue weighted by atomic mass is 9.84. The lowest BCUT2D eigenvalue weighted by Crippen LogP contribution is -2.43. The number of primary amides is 1. The van der Waals surface area contributed by atoms with Crippen molar-refractivity contribution >= 4 is 52.2 Å². The van der Waals surface area contributed by atoms with Crippen LogP contribution in [-0.2, 0) is 10.4 Å². The van der Waals surface area contributed by atoms with E-state index in [-0.39, 0.29) is 12.0 Å². The van der Waals surface area contributed by atoms with Gasteiger partial charge in [0.1, 0.15) is 30.0 Å². The number of piperidine rings is 1. The Morgan fingerprint density at radius 3 is 2.46 bits per heavy atom. The first kappa shape index (κ1) is 28.1. The number of amides is 1. The highest BCUT2D eigenvalue weighted by molar-refractivity contribution is 6.40. The molecule has 214 valence electrons. The zero-order valence-corrected chi connectivity index (χ0v) is 24.4. The van der Waals surface area contributed by atoms with Crippen molar-refractivity contribution in [2.24, 2.45) is 22.7 Å². The van der Waals surface area contributed by atoms with E-state index in [2.05, 4.69) is 10.1 Å². The number of hydrogen-bond donors (Lipinski definition) is 2. The Balaban J connectivity index is 1.14. The lowest BCUT2D eigenvalue weighted by molar-refractivity contribution is 0.0117. The van der Waals surface area contributed by atoms with E-state index in [1.807, 2.05) is 17.0 Å². The molecule has 41 heavy (non-hydrogen) atoms. The van der Waals surface area contributed by atoms with E-state index in [1.54, 1.807) is 42.6 Å². The number of carbonyl (C=O) groups excluding carboxylic acids is 1. The fourth-order valence-corrected chi connectivity index (χ4v) is 6.61. The minimum absolute atomic E-state index is 0.101. The van der Waals surface area contributed by atoms with E-state index >= 15 is 0 Å². The highest BCUT2D eigenvalue weighted by Crippen LogP contribution is 2.44. The third-order valence-corrected chi connectivity index (χ3v) is 9.08. The topological polar surface area (TPSA) is 110 Å². The molecule has 2 aromatic carbocycles. The van der Waals surface area contributed by atoms with Crippen LogP contribution >= 0.6 is 34.8 Å². The third kappa shape index (κ3) is 5.71. The van der Waals surface area contributed by atoms with Gasteiger partial charge in [0.15, 0.2) is 0 Å². The molecule has 0 radical (unpaired) electrons. The molecule has 3 aliphatic rings. The van der Waals surface area contributed by atoms with Gasteiger partial charge in [-0.3, -0.25) is 4.79 Å². The number of anilines is 1. The Morgan fingerprint density at radius 1 is 1.07 bits per heavy atom. The molecule has 11 heteroatoms. The lowest BCUT2D eigenvalue weighted by Gasteiger charge is -2.39. The Hall–Kier alpha value is -3.04. The molecule has 0 bridgehead atoms. The molecule has 8 nitrogen and oxygen atoms in total. The van der Waals surface area contributed by atoms with Gasteiger partial charge in [0.25, 0.3) is 0 Å². The van der Waals surface area contributed by atoms with Crippen LogP contribution in [0.15, 0.2) is 59.9 Å². The molecule has 0 spiro atoms. The molecule has 2 unspecified atom stereocenters. The van der Waals surface area contributed by atoms with Gasteiger partial charge in [-0.15, -0.1) is 0 Å². The Bertz CT molecular complexity index is 1480. The molecular formula is C30H29Cl3N4O4. The standard InChI is InChI=1S/C30H29Cl3N4O4/c31-22-2-1-3-23(32)26(22)27-20(28(41-36-27)17-4-5-17)16-40-19-6-7-21(24(33)15-19)30(39)9-12-37(13-10-30)25-14-18(29(34)38)8-11-35-25/h1-3,6-8,11,14-15,17,20,28,39H,4-5,9-10,12-13,16H2,(H2,34,38). The summed E-state index contributed by atoms with van der Waals surface area (Å²) in [4.78, 5) is 23.8. The molecule has 6 rings (SSSR count). The fraction of sp³-hybridized carbons (Fsp3) is 0.367. The van der Waals surface area contributed by atoms with E-state index in [0.29, 0.717) is 87.5 Å². The SMILES string of the molecule is NC(=O)c1ccnc(N2CCC(O)(c3ccc(OCC4C(c5c(Cl)cccc5Cl)=NOC4C4CC4)cc3Cl)CC2)c1. The highest BCUT2D eigenvalue weighted by Gasteiger charge is 2.46. The summed E-state index contributed by atoms with van der Waals surface area (Å²) in [5.74, 6) is 1.01. The minimum atomic E-state index is -1.11. The summed E-state index contributed by atoms with van der Waals surface area (Å²) in [6.45, 7) is 1.39. The number of pyridine rings is 1. The van der Waals surface area contributed by atoms with Crippen molar-refractivity contribution in [1.29, 1.82) is 0 Å². The third-order valence-electron chi connectivity index (χ3n) is 8.14. The van der Waals surface area contributed by atoms with Crippen LogP contribution in [-0.4, -0.2) is 47.5 Å². The smallest absolute Gasteiger partial charge is 0.248 e. The number of benzene rings is 2. The number of halogens is 3. The zero-order valence-electron chi connectivity index (χ0n) is 22.1. The summed E-state index contributed by atoms with van der Waals surface area (Å²) >= 11 is 19.7. The molecule has 1 amide bonds. The van der Waals surface area contributed by atoms with E-state index in [1.165, 1.54) is 0 Å². The van der Waals surface area contributed by atoms with Gasteiger partial charge >= 0.3 is 0 Å². The first-order chi connectivity index (χ1) is 19.7. The number of carbonyl (C=O) groups is 1. The van der Waals surface area contributed by atoms with E-state index < -0.39 is 11.5 Å². The van der Waals surface area contributed by atoms with Crippen LogP contribution in [0, 0.1) is 11.8 Å². The number of nitrogens with two attached hydrogens (primary N) is 1. The van der Waals surface area contributed by atoms with Gasteiger partial charge in [0.2, 0.25) is 5.91 Å². The molecule has 1 aliphatic carbocycles. The quantitative estimate of drug-likeness (QED) is 0.330. The number of aromatic nitrogens is 1. The second-order valence-corrected chi connectivity index (χ2v) is 12.0. The van der Waals surface area contributed by atoms with Crippen molar-refractivity contribution in [3.63, 3.8) is 0 Å². The predicted octanol–water partition coefficient (Wildman–Crippen LogP) is 5.84. The monoisotopic (exact) mass is 614 g/mol. The van der Waals surface area contributed by atoms with Crippen molar-refractivity contribution in [2.45, 2.75) is 37.4 Å². The second-order valence-electron chi connectivity index (χ2n) is 10.8. The van der Waals surface area contributed by atoms with Gasteiger partial charge in [-0.25, -0.2) is 4.98 Å². The molecule has 1 saturated heterocycles. The van der Waals surface area contributed by atoms with Crippen LogP contribution in [0.1, 0.15) is 47.2 Å². The molecule has 1 saturated carbocycles. The summed E-state index contributed by atoms with van der Waals surface area (Å²) in [7, 11) is 0. The number of ether oxygens (including phenoxy) is 1. The fourth-order valence-electron chi connectivity index (χ4n) is 5.67. The van der Waals surface area contributed by atoms with Gasteiger partial charge in [-0.1, -0.05) is 52.1 Å². The molecule has 2 fully saturated rings. The Kier molecular flexibility index (Phi) is 7.76. The summed E-state index contributed by atoms with van der Waals surface area (Å²) in [6.07, 6.45) is 4.52. The summed E-state index contributed by atoms with van der Waals surface area (Å²) in [5.41, 5.74) is 6.72. The summed E-state index contributed by atoms with van der Waals surface area (Å²) in [6, 6.07) is 14.0. The van der Waals surface area contributed by atoms with Crippen LogP contribution in [0.25, 0.3) is 0 Å². The van der Waals surface area contributed by atoms with Crippen LogP contribution < -0.4 is 15.4 Å². The zero-order chi connectivity index (χ0) is 28.7. The normalized spacial score (nSPS) is 21.8. The van der Waals surface area contributed by atoms with Gasteiger partial charge in [-0.05, 0) is 68.0 Å². The maximum absolute atomic E-state index is 11.6. The summed E-state index contributed by atoms with van der Waals surface area (Å²) < 4.78 is 6.22. The molecular weight excluding hydrogens is 587 g/mol. The first-order valence-electron chi connectivity index (χ1n) is 13.6. The number of oxime groups is 1. The Labute approximate surface area is 253 Å². The van der Waals surface area contributed by atoms with Crippen molar-refractivity contribution in [1.82, 2.24) is 4.98 Å². The van der Waals surface area contributed by atoms with Gasteiger partial charge in [0.05, 0.1) is 26.6 Å². The van der Waals surface area contributed by atoms with E-state index in [4.69, 9.17) is 50.1 Å². The molecule has 1 aromatic heterocycles. The molecule has 3 heterocycles. The maximum atomic E-state index is 11.6. The van der Waals surface area contributed by atoms with Gasteiger partial charge < -0.3 is 25.3 Å². The van der Waals surface area contributed by atoms with Crippen molar-refractivity contribution < 1.29 is 19.5 Å². The highest BCUT2D eigenvalue weighted by atomic mass is 35.5. The van der Waals surface area contributed by atoms with Gasteiger partial charge in [0, 0.05) is 36.0 Å². The average Bonchev–Trinajstić information content (AvgIpc) is 3.72. The van der Waals surface area contributed by atoms with Crippen LogP contribution in [0.4, 0.5) is 5.82 Å². The van der Waals surface area contributed by atoms with Crippen LogP contribution in [0.2, 0.25) is 15.1 Å². The molecule has 3 N–H and O–H groups in total.